The zero-order valence-corrected chi connectivity index (χ0v) is 20.2. The molecule has 29 heavy (non-hydrogen) atoms. The highest BCUT2D eigenvalue weighted by atomic mass is 35.5. The first kappa shape index (κ1) is 25.8. The van der Waals surface area contributed by atoms with Gasteiger partial charge in [0.05, 0.1) is 16.7 Å². The van der Waals surface area contributed by atoms with Gasteiger partial charge in [0, 0.05) is 40.5 Å². The Morgan fingerprint density at radius 1 is 0.897 bits per heavy atom. The number of rotatable bonds is 7. The van der Waals surface area contributed by atoms with Crippen LogP contribution in [0.3, 0.4) is 0 Å². The first-order valence-corrected chi connectivity index (χ1v) is 10.3. The van der Waals surface area contributed by atoms with Crippen LogP contribution in [0, 0.1) is 0 Å². The van der Waals surface area contributed by atoms with Crippen LogP contribution in [-0.4, -0.2) is 34.6 Å². The largest absolute Gasteiger partial charge is 0.384 e. The average Bonchev–Trinajstić information content (AvgIpc) is 2.60. The molecule has 3 rings (SSSR count). The van der Waals surface area contributed by atoms with Gasteiger partial charge in [-0.05, 0) is 65.3 Å². The van der Waals surface area contributed by atoms with Crippen LogP contribution < -0.4 is 5.32 Å². The van der Waals surface area contributed by atoms with E-state index in [1.54, 1.807) is 0 Å². The van der Waals surface area contributed by atoms with Crippen molar-refractivity contribution in [3.63, 3.8) is 0 Å². The minimum atomic E-state index is 0. The Bertz CT molecular complexity index is 920. The highest BCUT2D eigenvalue weighted by Gasteiger charge is 2.20. The molecule has 0 aliphatic heterocycles. The molecule has 3 nitrogen and oxygen atoms in total. The smallest absolute Gasteiger partial charge is 0.0745 e. The van der Waals surface area contributed by atoms with Gasteiger partial charge in [-0.15, -0.1) is 24.8 Å². The van der Waals surface area contributed by atoms with Crippen molar-refractivity contribution in [1.82, 2.24) is 9.88 Å². The van der Waals surface area contributed by atoms with Crippen LogP contribution >= 0.6 is 36.4 Å². The van der Waals surface area contributed by atoms with E-state index in [-0.39, 0.29) is 24.8 Å². The van der Waals surface area contributed by atoms with E-state index in [1.165, 1.54) is 0 Å². The van der Waals surface area contributed by atoms with Crippen molar-refractivity contribution in [1.29, 1.82) is 0 Å². The monoisotopic (exact) mass is 455 g/mol. The summed E-state index contributed by atoms with van der Waals surface area (Å²) in [5.74, 6) is 0. The predicted molar refractivity (Wildman–Crippen MR) is 133 cm³/mol. The first-order chi connectivity index (χ1) is 12.9. The topological polar surface area (TPSA) is 28.2 Å². The molecule has 0 aliphatic carbocycles. The third kappa shape index (κ3) is 5.88. The molecule has 0 saturated carbocycles. The molecule has 1 unspecified atom stereocenters. The lowest BCUT2D eigenvalue weighted by molar-refractivity contribution is 0.119. The summed E-state index contributed by atoms with van der Waals surface area (Å²) in [7, 11) is 0. The van der Waals surface area contributed by atoms with Crippen molar-refractivity contribution in [3.05, 3.63) is 47.5 Å². The molecule has 1 aromatic heterocycles. The molecule has 0 spiro atoms. The number of nitrogens with one attached hydrogen (secondary N) is 1. The van der Waals surface area contributed by atoms with Crippen LogP contribution in [0.4, 0.5) is 5.69 Å². The van der Waals surface area contributed by atoms with Crippen molar-refractivity contribution in [2.45, 2.75) is 59.2 Å². The first-order valence-electron chi connectivity index (χ1n) is 9.87. The molecule has 6 heteroatoms. The fourth-order valence-corrected chi connectivity index (χ4v) is 4.39. The molecule has 2 aromatic carbocycles. The van der Waals surface area contributed by atoms with Gasteiger partial charge >= 0.3 is 0 Å². The van der Waals surface area contributed by atoms with Crippen LogP contribution in [0.25, 0.3) is 21.8 Å². The molecular weight excluding hydrogens is 425 g/mol. The average molecular weight is 457 g/mol. The molecule has 3 aromatic rings. The lowest BCUT2D eigenvalue weighted by Gasteiger charge is -2.36. The molecule has 1 atom stereocenters. The third-order valence-electron chi connectivity index (χ3n) is 5.21. The van der Waals surface area contributed by atoms with Gasteiger partial charge in [-0.2, -0.15) is 0 Å². The van der Waals surface area contributed by atoms with Crippen LogP contribution in [0.5, 0.6) is 0 Å². The van der Waals surface area contributed by atoms with E-state index >= 15 is 0 Å². The van der Waals surface area contributed by atoms with Gasteiger partial charge in [0.15, 0.2) is 0 Å². The predicted octanol–water partition coefficient (Wildman–Crippen LogP) is 7.19. The van der Waals surface area contributed by atoms with Crippen molar-refractivity contribution >= 4 is 63.9 Å². The van der Waals surface area contributed by atoms with E-state index in [4.69, 9.17) is 16.6 Å². The van der Waals surface area contributed by atoms with Gasteiger partial charge < -0.3 is 5.32 Å². The number of anilines is 1. The number of para-hydroxylation sites is 1. The zero-order chi connectivity index (χ0) is 19.6. The van der Waals surface area contributed by atoms with Crippen molar-refractivity contribution < 1.29 is 0 Å². The quantitative estimate of drug-likeness (QED) is 0.381. The lowest BCUT2D eigenvalue weighted by Crippen LogP contribution is -2.44. The van der Waals surface area contributed by atoms with Crippen LogP contribution in [-0.2, 0) is 0 Å². The summed E-state index contributed by atoms with van der Waals surface area (Å²) >= 11 is 6.20. The fraction of sp³-hybridized carbons (Fsp3) is 0.435. The van der Waals surface area contributed by atoms with E-state index in [0.717, 1.165) is 45.5 Å². The molecular formula is C23H32Cl3N3. The Hall–Kier alpha value is -1.26. The van der Waals surface area contributed by atoms with E-state index in [0.29, 0.717) is 18.1 Å². The summed E-state index contributed by atoms with van der Waals surface area (Å²) in [6.07, 6.45) is 1.09. The highest BCUT2D eigenvalue weighted by Crippen LogP contribution is 2.32. The maximum Gasteiger partial charge on any atom is 0.0745 e. The standard InChI is InChI=1S/C23H30ClN3.2ClH/c1-15(2)27(16(3)4)17(5)12-13-25-23-19-8-6-7-9-21(19)26-22-14-18(24)10-11-20(22)23;;/h6-11,14-17H,12-13H2,1-5H3,(H,25,26);2*1H. The second-order valence-corrected chi connectivity index (χ2v) is 8.30. The van der Waals surface area contributed by atoms with Crippen molar-refractivity contribution in [3.8, 4) is 0 Å². The Balaban J connectivity index is 0.00000210. The van der Waals surface area contributed by atoms with Gasteiger partial charge in [0.25, 0.3) is 0 Å². The minimum Gasteiger partial charge on any atom is -0.384 e. The zero-order valence-electron chi connectivity index (χ0n) is 17.8. The van der Waals surface area contributed by atoms with Gasteiger partial charge in [-0.1, -0.05) is 29.8 Å². The number of halogens is 3. The Morgan fingerprint density at radius 2 is 1.52 bits per heavy atom. The number of nitrogens with zero attached hydrogens (tertiary/aromatic N) is 2. The summed E-state index contributed by atoms with van der Waals surface area (Å²) in [6, 6.07) is 15.8. The normalized spacial score (nSPS) is 12.3. The lowest BCUT2D eigenvalue weighted by atomic mass is 10.1. The number of fused-ring (bicyclic) bond motifs is 2. The van der Waals surface area contributed by atoms with Crippen LogP contribution in [0.2, 0.25) is 5.02 Å². The minimum absolute atomic E-state index is 0. The van der Waals surface area contributed by atoms with E-state index in [2.05, 4.69) is 69.1 Å². The summed E-state index contributed by atoms with van der Waals surface area (Å²) in [5.41, 5.74) is 3.08. The molecule has 160 valence electrons. The van der Waals surface area contributed by atoms with E-state index in [9.17, 15) is 0 Å². The maximum atomic E-state index is 6.20. The number of benzene rings is 2. The number of aromatic nitrogens is 1. The van der Waals surface area contributed by atoms with Gasteiger partial charge in [-0.3, -0.25) is 4.90 Å². The molecule has 0 amide bonds. The van der Waals surface area contributed by atoms with Crippen LogP contribution in [0.1, 0.15) is 41.0 Å². The highest BCUT2D eigenvalue weighted by molar-refractivity contribution is 6.31. The molecule has 0 saturated heterocycles. The number of hydrogen-bond donors (Lipinski definition) is 1. The Labute approximate surface area is 192 Å². The maximum absolute atomic E-state index is 6.20. The molecule has 0 bridgehead atoms. The molecule has 1 heterocycles. The molecule has 0 aliphatic rings. The van der Waals surface area contributed by atoms with Crippen LogP contribution in [0.15, 0.2) is 42.5 Å². The third-order valence-corrected chi connectivity index (χ3v) is 5.44. The van der Waals surface area contributed by atoms with Gasteiger partial charge in [0.2, 0.25) is 0 Å². The van der Waals surface area contributed by atoms with Crippen molar-refractivity contribution in [2.75, 3.05) is 11.9 Å². The van der Waals surface area contributed by atoms with E-state index < -0.39 is 0 Å². The summed E-state index contributed by atoms with van der Waals surface area (Å²) < 4.78 is 0. The number of pyridine rings is 1. The van der Waals surface area contributed by atoms with Crippen molar-refractivity contribution in [2.24, 2.45) is 0 Å². The Kier molecular flexibility index (Phi) is 9.97. The summed E-state index contributed by atoms with van der Waals surface area (Å²) in [4.78, 5) is 7.36. The second kappa shape index (κ2) is 11.2. The molecule has 0 radical (unpaired) electrons. The Morgan fingerprint density at radius 3 is 2.17 bits per heavy atom. The fourth-order valence-electron chi connectivity index (χ4n) is 4.23. The summed E-state index contributed by atoms with van der Waals surface area (Å²) in [6.45, 7) is 12.3. The molecule has 1 N–H and O–H groups in total. The molecule has 0 fully saturated rings. The second-order valence-electron chi connectivity index (χ2n) is 7.86. The van der Waals surface area contributed by atoms with E-state index in [1.807, 2.05) is 18.2 Å². The SMILES string of the molecule is CC(C)N(C(C)C)C(C)CCNc1c2ccccc2nc2cc(Cl)ccc12.Cl.Cl. The van der Waals surface area contributed by atoms with Gasteiger partial charge in [0.1, 0.15) is 0 Å². The van der Waals surface area contributed by atoms with Gasteiger partial charge in [-0.25, -0.2) is 4.98 Å². The number of hydrogen-bond acceptors (Lipinski definition) is 3. The summed E-state index contributed by atoms with van der Waals surface area (Å²) in [5, 5.41) is 6.70.